The Labute approximate surface area is 191 Å². The number of para-hydroxylation sites is 2. The van der Waals surface area contributed by atoms with E-state index in [0.717, 1.165) is 28.4 Å². The topological polar surface area (TPSA) is 50.4 Å². The van der Waals surface area contributed by atoms with Gasteiger partial charge in [-0.1, -0.05) is 48.0 Å². The van der Waals surface area contributed by atoms with Crippen LogP contribution >= 0.6 is 11.6 Å². The summed E-state index contributed by atoms with van der Waals surface area (Å²) >= 11 is 6.43. The first-order valence-corrected chi connectivity index (χ1v) is 10.9. The van der Waals surface area contributed by atoms with E-state index in [1.54, 1.807) is 19.2 Å². The molecule has 0 amide bonds. The van der Waals surface area contributed by atoms with Crippen molar-refractivity contribution in [1.82, 2.24) is 0 Å². The summed E-state index contributed by atoms with van der Waals surface area (Å²) in [6.45, 7) is 0. The Morgan fingerprint density at radius 2 is 1.75 bits per heavy atom. The quantitative estimate of drug-likeness (QED) is 0.492. The number of ether oxygens (including phenoxy) is 1. The van der Waals surface area contributed by atoms with Gasteiger partial charge in [-0.05, 0) is 42.0 Å². The highest BCUT2D eigenvalue weighted by Gasteiger charge is 2.41. The summed E-state index contributed by atoms with van der Waals surface area (Å²) in [5, 5.41) is 7.13. The first-order valence-electron chi connectivity index (χ1n) is 10.5. The van der Waals surface area contributed by atoms with E-state index in [1.807, 2.05) is 48.5 Å². The number of halogens is 2. The van der Waals surface area contributed by atoms with Crippen LogP contribution in [0.5, 0.6) is 5.75 Å². The molecule has 0 radical (unpaired) electrons. The van der Waals surface area contributed by atoms with Gasteiger partial charge in [0.05, 0.1) is 30.4 Å². The summed E-state index contributed by atoms with van der Waals surface area (Å²) in [5.41, 5.74) is 3.71. The number of allylic oxidation sites excluding steroid dienone is 1. The molecule has 0 saturated carbocycles. The zero-order valence-corrected chi connectivity index (χ0v) is 18.2. The Kier molecular flexibility index (Phi) is 5.35. The van der Waals surface area contributed by atoms with Gasteiger partial charge < -0.3 is 15.4 Å². The second-order valence-electron chi connectivity index (χ2n) is 8.08. The van der Waals surface area contributed by atoms with E-state index < -0.39 is 17.8 Å². The normalized spacial score (nSPS) is 21.9. The minimum Gasteiger partial charge on any atom is -0.497 e. The summed E-state index contributed by atoms with van der Waals surface area (Å²) in [5.74, 6) is -0.318. The summed E-state index contributed by atoms with van der Waals surface area (Å²) < 4.78 is 20.2. The Hall–Kier alpha value is -3.31. The number of anilines is 2. The van der Waals surface area contributed by atoms with Gasteiger partial charge in [-0.25, -0.2) is 4.39 Å². The molecule has 0 saturated heterocycles. The van der Waals surface area contributed by atoms with Crippen LogP contribution in [0.1, 0.15) is 29.5 Å². The predicted molar refractivity (Wildman–Crippen MR) is 125 cm³/mol. The summed E-state index contributed by atoms with van der Waals surface area (Å²) in [6, 6.07) is 19.4. The van der Waals surface area contributed by atoms with Crippen molar-refractivity contribution >= 4 is 28.8 Å². The maximum absolute atomic E-state index is 15.0. The van der Waals surface area contributed by atoms with Gasteiger partial charge in [0.1, 0.15) is 17.3 Å². The highest BCUT2D eigenvalue weighted by molar-refractivity contribution is 6.31. The van der Waals surface area contributed by atoms with Crippen molar-refractivity contribution in [2.45, 2.75) is 18.4 Å². The number of benzene rings is 3. The molecular weight excluding hydrogens is 427 g/mol. The Morgan fingerprint density at radius 3 is 2.47 bits per heavy atom. The largest absolute Gasteiger partial charge is 0.497 e. The molecule has 3 aromatic rings. The number of rotatable bonds is 3. The molecular formula is C26H22ClFN2O2. The van der Waals surface area contributed by atoms with E-state index in [9.17, 15) is 9.18 Å². The van der Waals surface area contributed by atoms with Crippen LogP contribution in [0.3, 0.4) is 0 Å². The van der Waals surface area contributed by atoms with E-state index in [1.165, 1.54) is 6.07 Å². The van der Waals surface area contributed by atoms with Crippen molar-refractivity contribution in [3.8, 4) is 5.75 Å². The molecule has 4 nitrogen and oxygen atoms in total. The molecule has 0 fully saturated rings. The molecule has 1 aliphatic carbocycles. The number of hydrogen-bond acceptors (Lipinski definition) is 4. The third kappa shape index (κ3) is 3.63. The Balaban J connectivity index is 1.63. The van der Waals surface area contributed by atoms with Gasteiger partial charge in [0, 0.05) is 28.6 Å². The molecule has 5 rings (SSSR count). The molecule has 162 valence electrons. The first-order chi connectivity index (χ1) is 15.5. The lowest BCUT2D eigenvalue weighted by Gasteiger charge is -2.33. The molecule has 0 spiro atoms. The van der Waals surface area contributed by atoms with E-state index >= 15 is 0 Å². The maximum Gasteiger partial charge on any atom is 0.145 e. The van der Waals surface area contributed by atoms with Crippen molar-refractivity contribution in [2.75, 3.05) is 17.7 Å². The standard InChI is InChI=1S/C26H22ClFN2O2/c1-32-17-11-9-15(10-12-17)16-13-22-25(23(31)14-16)26(24-18(27)5-4-6-19(24)28)30-21-8-3-2-7-20(21)29-22/h2-13,16,25-26,29-30H,14H2,1H3/t16-,25-,26-/m0/s1. The average Bonchev–Trinajstić information content (AvgIpc) is 2.96. The fourth-order valence-corrected chi connectivity index (χ4v) is 4.90. The summed E-state index contributed by atoms with van der Waals surface area (Å²) in [6.07, 6.45) is 2.40. The van der Waals surface area contributed by atoms with Crippen molar-refractivity contribution < 1.29 is 13.9 Å². The number of Topliss-reactive ketones (excluding diaryl/α,β-unsaturated/α-hetero) is 1. The molecule has 3 aromatic carbocycles. The van der Waals surface area contributed by atoms with Crippen molar-refractivity contribution in [1.29, 1.82) is 0 Å². The van der Waals surface area contributed by atoms with E-state index in [0.29, 0.717) is 17.0 Å². The van der Waals surface area contributed by atoms with E-state index in [-0.39, 0.29) is 11.7 Å². The fraction of sp³-hybridized carbons (Fsp3) is 0.192. The SMILES string of the molecule is COc1ccc([C@H]2C=C3Nc4ccccc4N[C@@H](c4c(F)cccc4Cl)[C@@H]3C(=O)C2)cc1. The highest BCUT2D eigenvalue weighted by atomic mass is 35.5. The summed E-state index contributed by atoms with van der Waals surface area (Å²) in [4.78, 5) is 13.5. The van der Waals surface area contributed by atoms with E-state index in [2.05, 4.69) is 16.7 Å². The number of nitrogens with one attached hydrogen (secondary N) is 2. The number of carbonyl (C=O) groups excluding carboxylic acids is 1. The van der Waals surface area contributed by atoms with Gasteiger partial charge in [-0.2, -0.15) is 0 Å². The van der Waals surface area contributed by atoms with Crippen LogP contribution in [-0.4, -0.2) is 12.9 Å². The Morgan fingerprint density at radius 1 is 1.00 bits per heavy atom. The second-order valence-corrected chi connectivity index (χ2v) is 8.48. The number of fused-ring (bicyclic) bond motifs is 2. The molecule has 0 bridgehead atoms. The van der Waals surface area contributed by atoms with E-state index in [4.69, 9.17) is 16.3 Å². The van der Waals surface area contributed by atoms with Gasteiger partial charge in [-0.15, -0.1) is 0 Å². The van der Waals surface area contributed by atoms with Gasteiger partial charge >= 0.3 is 0 Å². The van der Waals surface area contributed by atoms with Crippen LogP contribution in [0, 0.1) is 11.7 Å². The molecule has 1 heterocycles. The number of carbonyl (C=O) groups is 1. The van der Waals surface area contributed by atoms with Crippen molar-refractivity contribution in [2.24, 2.45) is 5.92 Å². The lowest BCUT2D eigenvalue weighted by Crippen LogP contribution is -2.34. The molecule has 2 N–H and O–H groups in total. The second kappa shape index (κ2) is 8.32. The van der Waals surface area contributed by atoms with Crippen LogP contribution in [0.2, 0.25) is 5.02 Å². The lowest BCUT2D eigenvalue weighted by molar-refractivity contribution is -0.122. The molecule has 0 unspecified atom stereocenters. The smallest absolute Gasteiger partial charge is 0.145 e. The fourth-order valence-electron chi connectivity index (χ4n) is 4.62. The van der Waals surface area contributed by atoms with Crippen LogP contribution < -0.4 is 15.4 Å². The predicted octanol–water partition coefficient (Wildman–Crippen LogP) is 6.32. The number of ketones is 1. The lowest BCUT2D eigenvalue weighted by atomic mass is 9.76. The number of hydrogen-bond donors (Lipinski definition) is 2. The third-order valence-corrected chi connectivity index (χ3v) is 6.52. The average molecular weight is 449 g/mol. The Bertz CT molecular complexity index is 1190. The van der Waals surface area contributed by atoms with Crippen molar-refractivity contribution in [3.63, 3.8) is 0 Å². The molecule has 6 heteroatoms. The van der Waals surface area contributed by atoms with Crippen LogP contribution in [-0.2, 0) is 4.79 Å². The molecule has 32 heavy (non-hydrogen) atoms. The van der Waals surface area contributed by atoms with Gasteiger partial charge in [0.15, 0.2) is 0 Å². The minimum atomic E-state index is -0.629. The maximum atomic E-state index is 15.0. The van der Waals surface area contributed by atoms with Gasteiger partial charge in [-0.3, -0.25) is 4.79 Å². The molecule has 1 aliphatic heterocycles. The van der Waals surface area contributed by atoms with Gasteiger partial charge in [0.25, 0.3) is 0 Å². The zero-order chi connectivity index (χ0) is 22.2. The molecule has 2 aliphatic rings. The van der Waals surface area contributed by atoms with Crippen LogP contribution in [0.4, 0.5) is 15.8 Å². The van der Waals surface area contributed by atoms with Gasteiger partial charge in [0.2, 0.25) is 0 Å². The zero-order valence-electron chi connectivity index (χ0n) is 17.4. The van der Waals surface area contributed by atoms with Crippen molar-refractivity contribution in [3.05, 3.63) is 100 Å². The monoisotopic (exact) mass is 448 g/mol. The van der Waals surface area contributed by atoms with Crippen LogP contribution in [0.25, 0.3) is 0 Å². The summed E-state index contributed by atoms with van der Waals surface area (Å²) in [7, 11) is 1.62. The van der Waals surface area contributed by atoms with Crippen LogP contribution in [0.15, 0.2) is 78.5 Å². The number of methoxy groups -OCH3 is 1. The molecule has 0 aromatic heterocycles. The minimum absolute atomic E-state index is 0.0282. The highest BCUT2D eigenvalue weighted by Crippen LogP contribution is 2.46. The third-order valence-electron chi connectivity index (χ3n) is 6.19. The molecule has 3 atom stereocenters. The first kappa shape index (κ1) is 20.6.